The molecule has 0 saturated carbocycles. The topological polar surface area (TPSA) is 69.6 Å². The highest BCUT2D eigenvalue weighted by atomic mass is 32.2. The second-order valence-corrected chi connectivity index (χ2v) is 7.17. The van der Waals surface area contributed by atoms with Gasteiger partial charge in [0.2, 0.25) is 10.0 Å². The van der Waals surface area contributed by atoms with Crippen LogP contribution in [0.3, 0.4) is 0 Å². The second kappa shape index (κ2) is 6.67. The number of aliphatic hydroxyl groups is 1. The third kappa shape index (κ3) is 4.02. The fraction of sp³-hybridized carbons (Fsp3) is 0.571. The highest BCUT2D eigenvalue weighted by molar-refractivity contribution is 7.89. The van der Waals surface area contributed by atoms with Crippen molar-refractivity contribution in [2.24, 2.45) is 5.92 Å². The van der Waals surface area contributed by atoms with E-state index >= 15 is 0 Å². The highest BCUT2D eigenvalue weighted by Gasteiger charge is 2.20. The molecule has 1 saturated heterocycles. The van der Waals surface area contributed by atoms with E-state index in [0.29, 0.717) is 18.0 Å². The van der Waals surface area contributed by atoms with E-state index in [9.17, 15) is 8.42 Å². The Morgan fingerprint density at radius 1 is 1.25 bits per heavy atom. The number of aliphatic hydroxyl groups excluding tert-OH is 1. The van der Waals surface area contributed by atoms with Crippen LogP contribution in [-0.2, 0) is 16.6 Å². The predicted molar refractivity (Wildman–Crippen MR) is 77.8 cm³/mol. The Labute approximate surface area is 120 Å². The van der Waals surface area contributed by atoms with Gasteiger partial charge in [0.25, 0.3) is 0 Å². The van der Waals surface area contributed by atoms with Crippen molar-refractivity contribution in [1.29, 1.82) is 0 Å². The largest absolute Gasteiger partial charge is 0.392 e. The normalized spacial score (nSPS) is 18.3. The highest BCUT2D eigenvalue weighted by Crippen LogP contribution is 2.16. The maximum absolute atomic E-state index is 12.2. The van der Waals surface area contributed by atoms with E-state index in [2.05, 4.69) is 16.7 Å². The van der Waals surface area contributed by atoms with Crippen LogP contribution in [0.25, 0.3) is 0 Å². The molecular formula is C14H22N2O3S. The Balaban J connectivity index is 1.93. The lowest BCUT2D eigenvalue weighted by atomic mass is 9.98. The summed E-state index contributed by atoms with van der Waals surface area (Å²) in [7, 11) is -1.36. The lowest BCUT2D eigenvalue weighted by molar-refractivity contribution is 0.220. The summed E-state index contributed by atoms with van der Waals surface area (Å²) in [4.78, 5) is 2.51. The molecule has 2 N–H and O–H groups in total. The average molecular weight is 298 g/mol. The molecule has 1 heterocycles. The van der Waals surface area contributed by atoms with Crippen molar-refractivity contribution in [3.8, 4) is 0 Å². The SMILES string of the molecule is CN1CCC(CNS(=O)(=O)c2ccc(CO)cc2)CC1. The Morgan fingerprint density at radius 3 is 2.40 bits per heavy atom. The molecular weight excluding hydrogens is 276 g/mol. The van der Waals surface area contributed by atoms with Crippen molar-refractivity contribution in [3.63, 3.8) is 0 Å². The zero-order valence-electron chi connectivity index (χ0n) is 11.7. The van der Waals surface area contributed by atoms with Crippen molar-refractivity contribution in [3.05, 3.63) is 29.8 Å². The molecule has 1 aromatic carbocycles. The molecule has 0 spiro atoms. The van der Waals surface area contributed by atoms with E-state index in [0.717, 1.165) is 25.9 Å². The molecule has 0 bridgehead atoms. The van der Waals surface area contributed by atoms with Gasteiger partial charge >= 0.3 is 0 Å². The Kier molecular flexibility index (Phi) is 5.15. The van der Waals surface area contributed by atoms with Gasteiger partial charge in [0.1, 0.15) is 0 Å². The first-order valence-corrected chi connectivity index (χ1v) is 8.37. The third-order valence-electron chi connectivity index (χ3n) is 3.82. The van der Waals surface area contributed by atoms with Gasteiger partial charge in [-0.05, 0) is 56.6 Å². The second-order valence-electron chi connectivity index (χ2n) is 5.40. The molecule has 20 heavy (non-hydrogen) atoms. The van der Waals surface area contributed by atoms with Gasteiger partial charge in [-0.3, -0.25) is 0 Å². The Morgan fingerprint density at radius 2 is 1.85 bits per heavy atom. The molecule has 0 aromatic heterocycles. The zero-order chi connectivity index (χ0) is 14.6. The summed E-state index contributed by atoms with van der Waals surface area (Å²) in [6.07, 6.45) is 2.06. The maximum Gasteiger partial charge on any atom is 0.240 e. The third-order valence-corrected chi connectivity index (χ3v) is 5.26. The number of rotatable bonds is 5. The smallest absolute Gasteiger partial charge is 0.240 e. The summed E-state index contributed by atoms with van der Waals surface area (Å²) < 4.78 is 27.0. The first-order valence-electron chi connectivity index (χ1n) is 6.89. The quantitative estimate of drug-likeness (QED) is 0.843. The van der Waals surface area contributed by atoms with Crippen LogP contribution in [0.15, 0.2) is 29.2 Å². The number of benzene rings is 1. The van der Waals surface area contributed by atoms with Crippen LogP contribution in [0, 0.1) is 5.92 Å². The van der Waals surface area contributed by atoms with Crippen molar-refractivity contribution in [2.45, 2.75) is 24.3 Å². The molecule has 0 amide bonds. The summed E-state index contributed by atoms with van der Waals surface area (Å²) in [5.74, 6) is 0.415. The van der Waals surface area contributed by atoms with Gasteiger partial charge in [0, 0.05) is 6.54 Å². The number of nitrogens with one attached hydrogen (secondary N) is 1. The van der Waals surface area contributed by atoms with Crippen molar-refractivity contribution in [1.82, 2.24) is 9.62 Å². The molecule has 112 valence electrons. The summed E-state index contributed by atoms with van der Waals surface area (Å²) >= 11 is 0. The van der Waals surface area contributed by atoms with Crippen LogP contribution in [0.4, 0.5) is 0 Å². The van der Waals surface area contributed by atoms with Crippen molar-refractivity contribution < 1.29 is 13.5 Å². The molecule has 0 atom stereocenters. The van der Waals surface area contributed by atoms with Crippen LogP contribution in [0.2, 0.25) is 0 Å². The summed E-state index contributed by atoms with van der Waals surface area (Å²) in [5, 5.41) is 8.96. The number of piperidine rings is 1. The van der Waals surface area contributed by atoms with E-state index in [-0.39, 0.29) is 11.5 Å². The summed E-state index contributed by atoms with van der Waals surface area (Å²) in [6, 6.07) is 6.32. The number of likely N-dealkylation sites (tertiary alicyclic amines) is 1. The van der Waals surface area contributed by atoms with Crippen molar-refractivity contribution >= 4 is 10.0 Å². The number of hydrogen-bond donors (Lipinski definition) is 2. The molecule has 1 fully saturated rings. The van der Waals surface area contributed by atoms with Gasteiger partial charge in [-0.15, -0.1) is 0 Å². The maximum atomic E-state index is 12.2. The molecule has 1 aliphatic rings. The Bertz CT molecular complexity index is 520. The fourth-order valence-corrected chi connectivity index (χ4v) is 3.47. The molecule has 1 aromatic rings. The first kappa shape index (κ1) is 15.4. The number of nitrogens with zero attached hydrogens (tertiary/aromatic N) is 1. The van der Waals surface area contributed by atoms with Crippen LogP contribution in [-0.4, -0.2) is 45.1 Å². The molecule has 6 heteroatoms. The van der Waals surface area contributed by atoms with Gasteiger partial charge in [0.15, 0.2) is 0 Å². The zero-order valence-corrected chi connectivity index (χ0v) is 12.6. The average Bonchev–Trinajstić information content (AvgIpc) is 2.47. The van der Waals surface area contributed by atoms with Crippen molar-refractivity contribution in [2.75, 3.05) is 26.7 Å². The standard InChI is InChI=1S/C14H22N2O3S/c1-16-8-6-12(7-9-16)10-15-20(18,19)14-4-2-13(11-17)3-5-14/h2-5,12,15,17H,6-11H2,1H3. The molecule has 1 aliphatic heterocycles. The van der Waals surface area contributed by atoms with E-state index in [1.54, 1.807) is 12.1 Å². The van der Waals surface area contributed by atoms with Gasteiger partial charge in [0.05, 0.1) is 11.5 Å². The van der Waals surface area contributed by atoms with E-state index < -0.39 is 10.0 Å². The lowest BCUT2D eigenvalue weighted by Crippen LogP contribution is -2.36. The van der Waals surface area contributed by atoms with Crippen LogP contribution in [0.1, 0.15) is 18.4 Å². The number of hydrogen-bond acceptors (Lipinski definition) is 4. The summed E-state index contributed by atoms with van der Waals surface area (Å²) in [5.41, 5.74) is 0.708. The van der Waals surface area contributed by atoms with Crippen LogP contribution in [0.5, 0.6) is 0 Å². The van der Waals surface area contributed by atoms with Gasteiger partial charge < -0.3 is 10.0 Å². The van der Waals surface area contributed by atoms with Gasteiger partial charge in [-0.25, -0.2) is 13.1 Å². The fourth-order valence-electron chi connectivity index (χ4n) is 2.35. The van der Waals surface area contributed by atoms with E-state index in [1.165, 1.54) is 12.1 Å². The van der Waals surface area contributed by atoms with Gasteiger partial charge in [-0.1, -0.05) is 12.1 Å². The molecule has 0 unspecified atom stereocenters. The van der Waals surface area contributed by atoms with Crippen LogP contribution < -0.4 is 4.72 Å². The predicted octanol–water partition coefficient (Wildman–Crippen LogP) is 0.799. The molecule has 5 nitrogen and oxygen atoms in total. The number of sulfonamides is 1. The minimum Gasteiger partial charge on any atom is -0.392 e. The molecule has 0 aliphatic carbocycles. The lowest BCUT2D eigenvalue weighted by Gasteiger charge is -2.28. The monoisotopic (exact) mass is 298 g/mol. The van der Waals surface area contributed by atoms with Crippen LogP contribution >= 0.6 is 0 Å². The Hall–Kier alpha value is -0.950. The molecule has 0 radical (unpaired) electrons. The first-order chi connectivity index (χ1) is 9.51. The molecule has 2 rings (SSSR count). The minimum absolute atomic E-state index is 0.0800. The minimum atomic E-state index is -3.44. The van der Waals surface area contributed by atoms with Gasteiger partial charge in [-0.2, -0.15) is 0 Å². The van der Waals surface area contributed by atoms with E-state index in [1.807, 2.05) is 0 Å². The summed E-state index contributed by atoms with van der Waals surface area (Å²) in [6.45, 7) is 2.47. The van der Waals surface area contributed by atoms with E-state index in [4.69, 9.17) is 5.11 Å².